The SMILES string of the molecule is CCCC[N+](=O)[O-].Cc1c(C(=O)O)cccc1C(=O)O. The van der Waals surface area contributed by atoms with E-state index in [9.17, 15) is 19.7 Å². The van der Waals surface area contributed by atoms with Crippen LogP contribution in [0.1, 0.15) is 46.0 Å². The number of hydrogen-bond donors (Lipinski definition) is 2. The first-order valence-corrected chi connectivity index (χ1v) is 5.99. The molecule has 110 valence electrons. The second-order valence-electron chi connectivity index (χ2n) is 4.00. The van der Waals surface area contributed by atoms with Gasteiger partial charge in [-0.05, 0) is 31.0 Å². The third-order valence-electron chi connectivity index (χ3n) is 2.49. The van der Waals surface area contributed by atoms with E-state index in [1.54, 1.807) is 0 Å². The lowest BCUT2D eigenvalue weighted by Gasteiger charge is -2.03. The molecular formula is C13H17NO6. The topological polar surface area (TPSA) is 118 Å². The normalized spacial score (nSPS) is 9.30. The van der Waals surface area contributed by atoms with Crippen molar-refractivity contribution < 1.29 is 24.7 Å². The van der Waals surface area contributed by atoms with Crippen molar-refractivity contribution in [1.82, 2.24) is 0 Å². The fraction of sp³-hybridized carbons (Fsp3) is 0.385. The van der Waals surface area contributed by atoms with Gasteiger partial charge < -0.3 is 10.2 Å². The first-order chi connectivity index (χ1) is 9.31. The molecule has 0 fully saturated rings. The molecule has 0 aliphatic carbocycles. The Morgan fingerprint density at radius 1 is 1.20 bits per heavy atom. The predicted molar refractivity (Wildman–Crippen MR) is 71.9 cm³/mol. The lowest BCUT2D eigenvalue weighted by Crippen LogP contribution is -2.06. The van der Waals surface area contributed by atoms with Gasteiger partial charge in [-0.25, -0.2) is 9.59 Å². The van der Waals surface area contributed by atoms with Crippen molar-refractivity contribution in [2.45, 2.75) is 26.7 Å². The number of carboxylic acids is 2. The predicted octanol–water partition coefficient (Wildman–Crippen LogP) is 2.45. The van der Waals surface area contributed by atoms with Crippen LogP contribution >= 0.6 is 0 Å². The van der Waals surface area contributed by atoms with Gasteiger partial charge in [-0.1, -0.05) is 13.0 Å². The standard InChI is InChI=1S/C9H8O4.C4H9NO2/c1-5-6(8(10)11)3-2-4-7(5)9(12)13;1-2-3-4-5(6)7/h2-4H,1H3,(H,10,11)(H,12,13);2-4H2,1H3. The highest BCUT2D eigenvalue weighted by molar-refractivity contribution is 5.96. The van der Waals surface area contributed by atoms with Crippen molar-refractivity contribution in [1.29, 1.82) is 0 Å². The number of nitro groups is 1. The molecule has 7 nitrogen and oxygen atoms in total. The first-order valence-electron chi connectivity index (χ1n) is 5.99. The molecule has 0 amide bonds. The average Bonchev–Trinajstić information content (AvgIpc) is 2.36. The molecule has 0 heterocycles. The Morgan fingerprint density at radius 3 is 1.90 bits per heavy atom. The number of hydrogen-bond acceptors (Lipinski definition) is 4. The van der Waals surface area contributed by atoms with Gasteiger partial charge in [0.25, 0.3) is 0 Å². The third-order valence-corrected chi connectivity index (χ3v) is 2.49. The fourth-order valence-corrected chi connectivity index (χ4v) is 1.39. The summed E-state index contributed by atoms with van der Waals surface area (Å²) in [5, 5.41) is 26.9. The van der Waals surface area contributed by atoms with Crippen LogP contribution in [0.15, 0.2) is 18.2 Å². The number of carbonyl (C=O) groups is 2. The zero-order valence-electron chi connectivity index (χ0n) is 11.3. The van der Waals surface area contributed by atoms with E-state index in [1.807, 2.05) is 6.92 Å². The minimum absolute atomic E-state index is 0.0277. The van der Waals surface area contributed by atoms with E-state index in [1.165, 1.54) is 25.1 Å². The van der Waals surface area contributed by atoms with Crippen molar-refractivity contribution in [3.63, 3.8) is 0 Å². The van der Waals surface area contributed by atoms with Crippen LogP contribution in [0.5, 0.6) is 0 Å². The van der Waals surface area contributed by atoms with Crippen molar-refractivity contribution >= 4 is 11.9 Å². The van der Waals surface area contributed by atoms with Crippen molar-refractivity contribution in [3.8, 4) is 0 Å². The van der Waals surface area contributed by atoms with Crippen molar-refractivity contribution in [2.75, 3.05) is 6.54 Å². The van der Waals surface area contributed by atoms with Gasteiger partial charge >= 0.3 is 11.9 Å². The Hall–Kier alpha value is -2.44. The Kier molecular flexibility index (Phi) is 7.57. The van der Waals surface area contributed by atoms with Gasteiger partial charge in [0.05, 0.1) is 11.1 Å². The van der Waals surface area contributed by atoms with Crippen LogP contribution in [-0.2, 0) is 0 Å². The average molecular weight is 283 g/mol. The number of aromatic carboxylic acids is 2. The second kappa shape index (κ2) is 8.63. The minimum Gasteiger partial charge on any atom is -0.478 e. The molecule has 0 atom stereocenters. The number of nitrogens with zero attached hydrogens (tertiary/aromatic N) is 1. The maximum absolute atomic E-state index is 10.6. The molecule has 20 heavy (non-hydrogen) atoms. The molecule has 0 radical (unpaired) electrons. The number of carboxylic acid groups (broad SMARTS) is 2. The van der Waals surface area contributed by atoms with Crippen LogP contribution in [0.3, 0.4) is 0 Å². The Balaban J connectivity index is 0.000000441. The van der Waals surface area contributed by atoms with Gasteiger partial charge in [0.15, 0.2) is 0 Å². The molecule has 0 aliphatic heterocycles. The van der Waals surface area contributed by atoms with Gasteiger partial charge in [0.1, 0.15) is 0 Å². The van der Waals surface area contributed by atoms with E-state index in [0.717, 1.165) is 6.42 Å². The zero-order valence-corrected chi connectivity index (χ0v) is 11.3. The van der Waals surface area contributed by atoms with Crippen LogP contribution in [0.25, 0.3) is 0 Å². The molecule has 0 bridgehead atoms. The molecule has 0 aromatic heterocycles. The Morgan fingerprint density at radius 2 is 1.65 bits per heavy atom. The van der Waals surface area contributed by atoms with Crippen LogP contribution in [0.2, 0.25) is 0 Å². The number of benzene rings is 1. The summed E-state index contributed by atoms with van der Waals surface area (Å²) in [6.07, 6.45) is 1.61. The van der Waals surface area contributed by atoms with Gasteiger partial charge in [-0.2, -0.15) is 0 Å². The summed E-state index contributed by atoms with van der Waals surface area (Å²) in [5.41, 5.74) is 0.335. The van der Waals surface area contributed by atoms with Gasteiger partial charge in [-0.3, -0.25) is 10.1 Å². The van der Waals surface area contributed by atoms with Crippen molar-refractivity contribution in [3.05, 3.63) is 45.0 Å². The smallest absolute Gasteiger partial charge is 0.335 e. The summed E-state index contributed by atoms with van der Waals surface area (Å²) < 4.78 is 0. The van der Waals surface area contributed by atoms with E-state index >= 15 is 0 Å². The van der Waals surface area contributed by atoms with E-state index in [0.29, 0.717) is 6.42 Å². The van der Waals surface area contributed by atoms with Crippen molar-refractivity contribution in [2.24, 2.45) is 0 Å². The molecule has 7 heteroatoms. The number of rotatable bonds is 5. The summed E-state index contributed by atoms with van der Waals surface area (Å²) in [6, 6.07) is 4.17. The summed E-state index contributed by atoms with van der Waals surface area (Å²) in [6.45, 7) is 3.53. The quantitative estimate of drug-likeness (QED) is 0.633. The van der Waals surface area contributed by atoms with E-state index in [2.05, 4.69) is 0 Å². The molecule has 1 rings (SSSR count). The van der Waals surface area contributed by atoms with Crippen LogP contribution in [-0.4, -0.2) is 33.6 Å². The zero-order chi connectivity index (χ0) is 15.7. The van der Waals surface area contributed by atoms with Crippen LogP contribution < -0.4 is 0 Å². The monoisotopic (exact) mass is 283 g/mol. The van der Waals surface area contributed by atoms with E-state index in [4.69, 9.17) is 10.2 Å². The number of unbranched alkanes of at least 4 members (excludes halogenated alkanes) is 1. The highest BCUT2D eigenvalue weighted by atomic mass is 16.6. The molecule has 0 spiro atoms. The molecule has 1 aromatic carbocycles. The largest absolute Gasteiger partial charge is 0.478 e. The summed E-state index contributed by atoms with van der Waals surface area (Å²) >= 11 is 0. The lowest BCUT2D eigenvalue weighted by molar-refractivity contribution is -0.480. The Labute approximate surface area is 116 Å². The highest BCUT2D eigenvalue weighted by Crippen LogP contribution is 2.13. The highest BCUT2D eigenvalue weighted by Gasteiger charge is 2.13. The maximum atomic E-state index is 10.6. The van der Waals surface area contributed by atoms with Gasteiger partial charge in [-0.15, -0.1) is 0 Å². The maximum Gasteiger partial charge on any atom is 0.335 e. The Bertz CT molecular complexity index is 465. The summed E-state index contributed by atoms with van der Waals surface area (Å²) in [7, 11) is 0. The summed E-state index contributed by atoms with van der Waals surface area (Å²) in [4.78, 5) is 30.5. The molecule has 0 saturated heterocycles. The molecule has 0 unspecified atom stereocenters. The van der Waals surface area contributed by atoms with Gasteiger partial charge in [0.2, 0.25) is 6.54 Å². The second-order valence-corrected chi connectivity index (χ2v) is 4.00. The van der Waals surface area contributed by atoms with Crippen LogP contribution in [0.4, 0.5) is 0 Å². The lowest BCUT2D eigenvalue weighted by atomic mass is 10.0. The van der Waals surface area contributed by atoms with E-state index < -0.39 is 11.9 Å². The third kappa shape index (κ3) is 5.94. The first kappa shape index (κ1) is 17.6. The summed E-state index contributed by atoms with van der Waals surface area (Å²) in [5.74, 6) is -2.22. The fourth-order valence-electron chi connectivity index (χ4n) is 1.39. The van der Waals surface area contributed by atoms with Crippen LogP contribution in [0, 0.1) is 17.0 Å². The molecule has 0 aliphatic rings. The molecule has 0 saturated carbocycles. The molecule has 1 aromatic rings. The molecular weight excluding hydrogens is 266 g/mol. The van der Waals surface area contributed by atoms with E-state index in [-0.39, 0.29) is 28.2 Å². The molecule has 2 N–H and O–H groups in total. The minimum atomic E-state index is -1.11. The van der Waals surface area contributed by atoms with Gasteiger partial charge in [0, 0.05) is 11.3 Å².